The first-order valence-corrected chi connectivity index (χ1v) is 6.62. The third-order valence-electron chi connectivity index (χ3n) is 3.81. The number of methoxy groups -OCH3 is 1. The maximum atomic E-state index is 5.47. The lowest BCUT2D eigenvalue weighted by Gasteiger charge is -2.12. The number of hydrogen-bond acceptors (Lipinski definition) is 2. The summed E-state index contributed by atoms with van der Waals surface area (Å²) in [4.78, 5) is 4.36. The van der Waals surface area contributed by atoms with E-state index in [2.05, 4.69) is 59.6 Å². The van der Waals surface area contributed by atoms with E-state index in [-0.39, 0.29) is 0 Å². The molecule has 20 heavy (non-hydrogen) atoms. The molecule has 0 unspecified atom stereocenters. The minimum atomic E-state index is 0.685. The average molecular weight is 259 g/mol. The zero-order valence-electron chi connectivity index (χ0n) is 11.1. The molecular weight excluding hydrogens is 246 g/mol. The summed E-state index contributed by atoms with van der Waals surface area (Å²) in [5, 5.41) is 7.20. The van der Waals surface area contributed by atoms with Crippen LogP contribution in [0.4, 0.5) is 0 Å². The van der Waals surface area contributed by atoms with Crippen LogP contribution in [0.5, 0.6) is 5.88 Å². The maximum Gasteiger partial charge on any atom is 0.221 e. The predicted molar refractivity (Wildman–Crippen MR) is 83.3 cm³/mol. The molecule has 4 rings (SSSR count). The first-order valence-electron chi connectivity index (χ1n) is 6.62. The highest BCUT2D eigenvalue weighted by atomic mass is 16.5. The van der Waals surface area contributed by atoms with Gasteiger partial charge in [0.15, 0.2) is 0 Å². The summed E-state index contributed by atoms with van der Waals surface area (Å²) in [6, 6.07) is 19.0. The Morgan fingerprint density at radius 1 is 0.700 bits per heavy atom. The van der Waals surface area contributed by atoms with Crippen LogP contribution in [0.15, 0.2) is 60.8 Å². The Hall–Kier alpha value is -2.61. The van der Waals surface area contributed by atoms with E-state index in [9.17, 15) is 0 Å². The SMILES string of the molecule is COc1nccc2c3ccccc3c3ccccc3c12. The van der Waals surface area contributed by atoms with Crippen molar-refractivity contribution in [2.75, 3.05) is 7.11 Å². The van der Waals surface area contributed by atoms with Gasteiger partial charge in [-0.05, 0) is 33.0 Å². The van der Waals surface area contributed by atoms with Crippen molar-refractivity contribution >= 4 is 32.3 Å². The van der Waals surface area contributed by atoms with E-state index in [1.807, 2.05) is 6.20 Å². The second-order valence-electron chi connectivity index (χ2n) is 4.83. The van der Waals surface area contributed by atoms with Gasteiger partial charge in [-0.15, -0.1) is 0 Å². The Balaban J connectivity index is 2.42. The molecule has 96 valence electrons. The van der Waals surface area contributed by atoms with Crippen LogP contribution in [0, 0.1) is 0 Å². The van der Waals surface area contributed by atoms with Crippen molar-refractivity contribution in [3.8, 4) is 5.88 Å². The molecule has 4 aromatic rings. The van der Waals surface area contributed by atoms with Crippen molar-refractivity contribution in [1.29, 1.82) is 0 Å². The summed E-state index contributed by atoms with van der Waals surface area (Å²) in [5.41, 5.74) is 0. The Morgan fingerprint density at radius 2 is 1.20 bits per heavy atom. The molecule has 0 aliphatic heterocycles. The second kappa shape index (κ2) is 4.20. The number of aromatic nitrogens is 1. The van der Waals surface area contributed by atoms with Crippen LogP contribution in [0.1, 0.15) is 0 Å². The fourth-order valence-corrected chi connectivity index (χ4v) is 2.97. The molecule has 1 aromatic heterocycles. The van der Waals surface area contributed by atoms with Crippen molar-refractivity contribution in [1.82, 2.24) is 4.98 Å². The number of benzene rings is 3. The van der Waals surface area contributed by atoms with Crippen molar-refractivity contribution in [3.05, 3.63) is 60.8 Å². The van der Waals surface area contributed by atoms with Crippen molar-refractivity contribution < 1.29 is 4.74 Å². The Labute approximate surface area is 116 Å². The zero-order chi connectivity index (χ0) is 13.5. The highest BCUT2D eigenvalue weighted by Crippen LogP contribution is 2.37. The van der Waals surface area contributed by atoms with Gasteiger partial charge in [0.1, 0.15) is 0 Å². The van der Waals surface area contributed by atoms with Gasteiger partial charge in [0, 0.05) is 6.20 Å². The lowest BCUT2D eigenvalue weighted by Crippen LogP contribution is -1.91. The Kier molecular flexibility index (Phi) is 2.36. The number of ether oxygens (including phenoxy) is 1. The molecule has 0 bridgehead atoms. The summed E-state index contributed by atoms with van der Waals surface area (Å²) in [7, 11) is 1.67. The molecule has 0 atom stereocenters. The van der Waals surface area contributed by atoms with Crippen LogP contribution in [0.2, 0.25) is 0 Å². The minimum absolute atomic E-state index is 0.685. The molecule has 2 nitrogen and oxygen atoms in total. The Morgan fingerprint density at radius 3 is 1.80 bits per heavy atom. The van der Waals surface area contributed by atoms with Crippen LogP contribution in [0.3, 0.4) is 0 Å². The van der Waals surface area contributed by atoms with Crippen LogP contribution in [0.25, 0.3) is 32.3 Å². The van der Waals surface area contributed by atoms with Crippen molar-refractivity contribution in [2.24, 2.45) is 0 Å². The van der Waals surface area contributed by atoms with Gasteiger partial charge >= 0.3 is 0 Å². The normalized spacial score (nSPS) is 11.2. The summed E-state index contributed by atoms with van der Waals surface area (Å²) >= 11 is 0. The molecular formula is C18H13NO. The van der Waals surface area contributed by atoms with Crippen LogP contribution < -0.4 is 4.74 Å². The molecule has 0 fully saturated rings. The molecule has 2 heteroatoms. The molecule has 0 amide bonds. The lowest BCUT2D eigenvalue weighted by molar-refractivity contribution is 0.403. The summed E-state index contributed by atoms with van der Waals surface area (Å²) in [6.07, 6.45) is 1.81. The van der Waals surface area contributed by atoms with E-state index in [4.69, 9.17) is 4.74 Å². The third kappa shape index (κ3) is 1.42. The molecule has 0 N–H and O–H groups in total. The van der Waals surface area contributed by atoms with Gasteiger partial charge in [-0.25, -0.2) is 4.98 Å². The quantitative estimate of drug-likeness (QED) is 0.468. The highest BCUT2D eigenvalue weighted by Gasteiger charge is 2.11. The number of pyridine rings is 1. The second-order valence-corrected chi connectivity index (χ2v) is 4.83. The van der Waals surface area contributed by atoms with E-state index >= 15 is 0 Å². The molecule has 3 aromatic carbocycles. The van der Waals surface area contributed by atoms with Gasteiger partial charge in [-0.1, -0.05) is 48.5 Å². The van der Waals surface area contributed by atoms with E-state index in [1.165, 1.54) is 26.9 Å². The van der Waals surface area contributed by atoms with E-state index < -0.39 is 0 Å². The number of hydrogen-bond donors (Lipinski definition) is 0. The molecule has 0 aliphatic rings. The molecule has 0 spiro atoms. The van der Waals surface area contributed by atoms with Crippen molar-refractivity contribution in [3.63, 3.8) is 0 Å². The van der Waals surface area contributed by atoms with Gasteiger partial charge in [0.25, 0.3) is 0 Å². The fourth-order valence-electron chi connectivity index (χ4n) is 2.97. The molecule has 0 saturated heterocycles. The van der Waals surface area contributed by atoms with Crippen LogP contribution in [-0.2, 0) is 0 Å². The number of rotatable bonds is 1. The maximum absolute atomic E-state index is 5.47. The number of nitrogens with zero attached hydrogens (tertiary/aromatic N) is 1. The van der Waals surface area contributed by atoms with E-state index in [1.54, 1.807) is 7.11 Å². The molecule has 1 heterocycles. The fraction of sp³-hybridized carbons (Fsp3) is 0.0556. The average Bonchev–Trinajstić information content (AvgIpc) is 2.54. The predicted octanol–water partition coefficient (Wildman–Crippen LogP) is 4.55. The summed E-state index contributed by atoms with van der Waals surface area (Å²) in [5.74, 6) is 0.685. The van der Waals surface area contributed by atoms with Crippen LogP contribution in [-0.4, -0.2) is 12.1 Å². The molecule has 0 radical (unpaired) electrons. The van der Waals surface area contributed by atoms with Crippen molar-refractivity contribution in [2.45, 2.75) is 0 Å². The monoisotopic (exact) mass is 259 g/mol. The van der Waals surface area contributed by atoms with Gasteiger partial charge in [0.2, 0.25) is 5.88 Å². The minimum Gasteiger partial charge on any atom is -0.481 e. The molecule has 0 aliphatic carbocycles. The smallest absolute Gasteiger partial charge is 0.221 e. The third-order valence-corrected chi connectivity index (χ3v) is 3.81. The lowest BCUT2D eigenvalue weighted by atomic mass is 9.95. The van der Waals surface area contributed by atoms with Gasteiger partial charge in [-0.2, -0.15) is 0 Å². The standard InChI is InChI=1S/C18H13NO/c1-20-18-17-15-9-5-4-7-13(15)12-6-2-3-8-14(12)16(17)10-11-19-18/h2-11H,1H3. The summed E-state index contributed by atoms with van der Waals surface area (Å²) < 4.78 is 5.47. The molecule has 0 saturated carbocycles. The topological polar surface area (TPSA) is 22.1 Å². The zero-order valence-corrected chi connectivity index (χ0v) is 11.1. The Bertz CT molecular complexity index is 899. The summed E-state index contributed by atoms with van der Waals surface area (Å²) in [6.45, 7) is 0. The number of fused-ring (bicyclic) bond motifs is 6. The van der Waals surface area contributed by atoms with Gasteiger partial charge in [-0.3, -0.25) is 0 Å². The first kappa shape index (κ1) is 11.2. The van der Waals surface area contributed by atoms with Gasteiger partial charge < -0.3 is 4.74 Å². The first-order chi connectivity index (χ1) is 9.90. The van der Waals surface area contributed by atoms with Crippen LogP contribution >= 0.6 is 0 Å². The van der Waals surface area contributed by atoms with E-state index in [0.717, 1.165) is 5.39 Å². The highest BCUT2D eigenvalue weighted by molar-refractivity contribution is 6.26. The van der Waals surface area contributed by atoms with E-state index in [0.29, 0.717) is 5.88 Å². The largest absolute Gasteiger partial charge is 0.481 e. The van der Waals surface area contributed by atoms with Gasteiger partial charge in [0.05, 0.1) is 12.5 Å².